The van der Waals surface area contributed by atoms with Gasteiger partial charge in [0.15, 0.2) is 0 Å². The number of nitro groups is 1. The van der Waals surface area contributed by atoms with Gasteiger partial charge in [0, 0.05) is 29.4 Å². The van der Waals surface area contributed by atoms with Crippen molar-refractivity contribution in [1.82, 2.24) is 0 Å². The van der Waals surface area contributed by atoms with E-state index in [1.807, 2.05) is 37.3 Å². The number of benzene rings is 3. The molecule has 33 heavy (non-hydrogen) atoms. The van der Waals surface area contributed by atoms with E-state index in [-0.39, 0.29) is 5.69 Å². The zero-order valence-corrected chi connectivity index (χ0v) is 18.8. The average Bonchev–Trinajstić information content (AvgIpc) is 2.86. The van der Waals surface area contributed by atoms with Crippen LogP contribution in [0.5, 0.6) is 11.5 Å². The molecule has 3 aromatic carbocycles. The van der Waals surface area contributed by atoms with Gasteiger partial charge in [-0.05, 0) is 42.8 Å². The first-order valence-corrected chi connectivity index (χ1v) is 10.4. The molecule has 0 unspecified atom stereocenters. The van der Waals surface area contributed by atoms with Crippen LogP contribution in [0.1, 0.15) is 6.92 Å². The molecule has 3 rings (SSSR count). The van der Waals surface area contributed by atoms with E-state index in [9.17, 15) is 14.9 Å². The summed E-state index contributed by atoms with van der Waals surface area (Å²) in [5, 5.41) is 11.5. The molecule has 0 N–H and O–H groups in total. The van der Waals surface area contributed by atoms with Crippen molar-refractivity contribution in [1.29, 1.82) is 0 Å². The van der Waals surface area contributed by atoms with Gasteiger partial charge in [-0.2, -0.15) is 0 Å². The molecular weight excluding hydrogens is 424 g/mol. The Labute approximate surface area is 192 Å². The van der Waals surface area contributed by atoms with Crippen LogP contribution in [0.3, 0.4) is 0 Å². The van der Waals surface area contributed by atoms with Crippen molar-refractivity contribution in [3.8, 4) is 33.8 Å². The summed E-state index contributed by atoms with van der Waals surface area (Å²) in [4.78, 5) is 23.6. The van der Waals surface area contributed by atoms with Crippen LogP contribution in [0.25, 0.3) is 22.3 Å². The molecule has 0 bridgehead atoms. The van der Waals surface area contributed by atoms with Gasteiger partial charge in [-0.1, -0.05) is 24.3 Å². The minimum Gasteiger partial charge on any atom is -0.496 e. The summed E-state index contributed by atoms with van der Waals surface area (Å²) in [5.41, 5.74) is 3.73. The number of carbonyl (C=O) groups excluding carboxylic acids is 1. The maximum atomic E-state index is 11.5. The fraction of sp³-hybridized carbons (Fsp3) is 0.240. The number of rotatable bonds is 11. The van der Waals surface area contributed by atoms with Gasteiger partial charge < -0.3 is 19.1 Å². The van der Waals surface area contributed by atoms with Crippen LogP contribution in [0.4, 0.5) is 11.4 Å². The van der Waals surface area contributed by atoms with E-state index >= 15 is 0 Å². The largest absolute Gasteiger partial charge is 0.496 e. The third kappa shape index (κ3) is 5.23. The van der Waals surface area contributed by atoms with E-state index in [1.165, 1.54) is 13.2 Å². The van der Waals surface area contributed by atoms with Gasteiger partial charge >= 0.3 is 0 Å². The fourth-order valence-electron chi connectivity index (χ4n) is 3.73. The summed E-state index contributed by atoms with van der Waals surface area (Å²) in [6.07, 6.45) is 0. The Hall–Kier alpha value is -4.07. The van der Waals surface area contributed by atoms with Crippen LogP contribution in [0.2, 0.25) is 0 Å². The Bertz CT molecular complexity index is 1110. The molecule has 0 saturated carbocycles. The molecule has 0 aromatic heterocycles. The number of ether oxygens (including phenoxy) is 3. The third-order valence-corrected chi connectivity index (χ3v) is 5.38. The van der Waals surface area contributed by atoms with Crippen LogP contribution < -0.4 is 14.4 Å². The standard InChI is InChI=1S/C25H26N2O6/c1-4-26(13-14-33-17-28)19-11-9-18(10-12-19)21-15-25(32-3)22(16-24(21)31-2)20-7-5-6-8-23(20)27(29)30/h5-12,15-17H,4,13-14H2,1-3H3. The van der Waals surface area contributed by atoms with Gasteiger partial charge in [0.25, 0.3) is 12.2 Å². The first kappa shape index (κ1) is 23.6. The quantitative estimate of drug-likeness (QED) is 0.177. The molecule has 0 aliphatic rings. The highest BCUT2D eigenvalue weighted by Gasteiger charge is 2.21. The molecule has 3 aromatic rings. The lowest BCUT2D eigenvalue weighted by Gasteiger charge is -2.23. The Balaban J connectivity index is 2.01. The SMILES string of the molecule is CCN(CCOC=O)c1ccc(-c2cc(OC)c(-c3ccccc3[N+](=O)[O-])cc2OC)cc1. The summed E-state index contributed by atoms with van der Waals surface area (Å²) in [7, 11) is 3.10. The predicted octanol–water partition coefficient (Wildman–Crippen LogP) is 4.95. The number of methoxy groups -OCH3 is 2. The highest BCUT2D eigenvalue weighted by atomic mass is 16.6. The number of hydrogen-bond acceptors (Lipinski definition) is 7. The van der Waals surface area contributed by atoms with E-state index in [4.69, 9.17) is 14.2 Å². The zero-order valence-electron chi connectivity index (χ0n) is 18.8. The Morgan fingerprint density at radius 1 is 0.939 bits per heavy atom. The van der Waals surface area contributed by atoms with Crippen LogP contribution in [0.15, 0.2) is 60.7 Å². The van der Waals surface area contributed by atoms with Gasteiger partial charge in [0.2, 0.25) is 0 Å². The molecule has 0 radical (unpaired) electrons. The highest BCUT2D eigenvalue weighted by molar-refractivity contribution is 5.85. The molecule has 0 fully saturated rings. The number of carbonyl (C=O) groups is 1. The van der Waals surface area contributed by atoms with E-state index in [2.05, 4.69) is 4.90 Å². The van der Waals surface area contributed by atoms with Gasteiger partial charge in [-0.15, -0.1) is 0 Å². The third-order valence-electron chi connectivity index (χ3n) is 5.38. The summed E-state index contributed by atoms with van der Waals surface area (Å²) < 4.78 is 16.1. The lowest BCUT2D eigenvalue weighted by Crippen LogP contribution is -2.26. The van der Waals surface area contributed by atoms with E-state index in [1.54, 1.807) is 31.4 Å². The second-order valence-electron chi connectivity index (χ2n) is 7.12. The Kier molecular flexibility index (Phi) is 7.86. The zero-order chi connectivity index (χ0) is 23.8. The van der Waals surface area contributed by atoms with Crippen LogP contribution in [0, 0.1) is 10.1 Å². The molecule has 0 amide bonds. The van der Waals surface area contributed by atoms with Gasteiger partial charge in [-0.25, -0.2) is 0 Å². The molecule has 0 aliphatic carbocycles. The number of anilines is 1. The molecule has 0 aliphatic heterocycles. The van der Waals surface area contributed by atoms with Crippen LogP contribution >= 0.6 is 0 Å². The first-order valence-electron chi connectivity index (χ1n) is 10.4. The fourth-order valence-corrected chi connectivity index (χ4v) is 3.73. The molecule has 0 spiro atoms. The van der Waals surface area contributed by atoms with E-state index in [0.29, 0.717) is 42.2 Å². The van der Waals surface area contributed by atoms with E-state index < -0.39 is 4.92 Å². The molecule has 0 heterocycles. The Morgan fingerprint density at radius 2 is 1.58 bits per heavy atom. The van der Waals surface area contributed by atoms with Gasteiger partial charge in [0.1, 0.15) is 18.1 Å². The maximum Gasteiger partial charge on any atom is 0.293 e. The van der Waals surface area contributed by atoms with Crippen molar-refractivity contribution in [2.45, 2.75) is 6.92 Å². The lowest BCUT2D eigenvalue weighted by atomic mass is 9.96. The monoisotopic (exact) mass is 450 g/mol. The summed E-state index contributed by atoms with van der Waals surface area (Å²) >= 11 is 0. The summed E-state index contributed by atoms with van der Waals surface area (Å²) in [6.45, 7) is 4.16. The number of likely N-dealkylation sites (N-methyl/N-ethyl adjacent to an activating group) is 1. The van der Waals surface area contributed by atoms with Crippen LogP contribution in [-0.2, 0) is 9.53 Å². The van der Waals surface area contributed by atoms with Crippen molar-refractivity contribution in [3.05, 3.63) is 70.8 Å². The summed E-state index contributed by atoms with van der Waals surface area (Å²) in [6, 6.07) is 18.1. The maximum absolute atomic E-state index is 11.5. The van der Waals surface area contributed by atoms with Crippen molar-refractivity contribution in [3.63, 3.8) is 0 Å². The Morgan fingerprint density at radius 3 is 2.18 bits per heavy atom. The normalized spacial score (nSPS) is 10.4. The van der Waals surface area contributed by atoms with Crippen molar-refractivity contribution in [2.24, 2.45) is 0 Å². The molecule has 8 heteroatoms. The second kappa shape index (κ2) is 11.0. The smallest absolute Gasteiger partial charge is 0.293 e. The second-order valence-corrected chi connectivity index (χ2v) is 7.12. The van der Waals surface area contributed by atoms with Gasteiger partial charge in [-0.3, -0.25) is 14.9 Å². The minimum atomic E-state index is -0.409. The molecule has 8 nitrogen and oxygen atoms in total. The average molecular weight is 450 g/mol. The first-order chi connectivity index (χ1) is 16.0. The van der Waals surface area contributed by atoms with E-state index in [0.717, 1.165) is 23.4 Å². The highest BCUT2D eigenvalue weighted by Crippen LogP contribution is 2.43. The topological polar surface area (TPSA) is 91.1 Å². The molecule has 0 atom stereocenters. The van der Waals surface area contributed by atoms with Crippen LogP contribution in [-0.4, -0.2) is 45.3 Å². The lowest BCUT2D eigenvalue weighted by molar-refractivity contribution is -0.384. The minimum absolute atomic E-state index is 0.00632. The van der Waals surface area contributed by atoms with Crippen molar-refractivity contribution >= 4 is 17.8 Å². The number of hydrogen-bond donors (Lipinski definition) is 0. The number of nitro benzene ring substituents is 1. The number of nitrogens with zero attached hydrogens (tertiary/aromatic N) is 2. The molecule has 0 saturated heterocycles. The van der Waals surface area contributed by atoms with Gasteiger partial charge in [0.05, 0.1) is 31.3 Å². The predicted molar refractivity (Wildman–Crippen MR) is 127 cm³/mol. The summed E-state index contributed by atoms with van der Waals surface area (Å²) in [5.74, 6) is 1.08. The molecular formula is C25H26N2O6. The molecule has 172 valence electrons. The van der Waals surface area contributed by atoms with Crippen molar-refractivity contribution < 1.29 is 23.9 Å². The number of para-hydroxylation sites is 1. The van der Waals surface area contributed by atoms with Crippen molar-refractivity contribution in [2.75, 3.05) is 38.8 Å².